The fourth-order valence-electron chi connectivity index (χ4n) is 5.56. The van der Waals surface area contributed by atoms with Gasteiger partial charge in [0.25, 0.3) is 5.91 Å². The van der Waals surface area contributed by atoms with Gasteiger partial charge in [0.2, 0.25) is 10.0 Å². The van der Waals surface area contributed by atoms with Crippen molar-refractivity contribution in [3.8, 4) is 5.69 Å². The molecule has 2 aliphatic rings. The van der Waals surface area contributed by atoms with Crippen LogP contribution < -0.4 is 10.0 Å². The Balaban J connectivity index is 1.63. The summed E-state index contributed by atoms with van der Waals surface area (Å²) in [5.74, 6) is 0.224. The monoisotopic (exact) mass is 556 g/mol. The Morgan fingerprint density at radius 2 is 1.68 bits per heavy atom. The zero-order valence-electron chi connectivity index (χ0n) is 22.4. The van der Waals surface area contributed by atoms with Gasteiger partial charge in [-0.2, -0.15) is 5.10 Å². The zero-order valence-corrected chi connectivity index (χ0v) is 24.0. The predicted molar refractivity (Wildman–Crippen MR) is 152 cm³/mol. The van der Waals surface area contributed by atoms with Crippen LogP contribution in [0.5, 0.6) is 0 Å². The van der Waals surface area contributed by atoms with Gasteiger partial charge in [0.1, 0.15) is 0 Å². The Labute approximate surface area is 230 Å². The summed E-state index contributed by atoms with van der Waals surface area (Å²) < 4.78 is 31.2. The molecule has 2 saturated carbocycles. The van der Waals surface area contributed by atoms with Crippen LogP contribution in [0.2, 0.25) is 5.02 Å². The average molecular weight is 557 g/mol. The molecule has 0 atom stereocenters. The van der Waals surface area contributed by atoms with E-state index in [1.807, 2.05) is 45.0 Å². The summed E-state index contributed by atoms with van der Waals surface area (Å²) in [6.45, 7) is 5.46. The Kier molecular flexibility index (Phi) is 7.59. The van der Waals surface area contributed by atoms with E-state index in [2.05, 4.69) is 10.0 Å². The van der Waals surface area contributed by atoms with Crippen molar-refractivity contribution in [3.63, 3.8) is 0 Å². The summed E-state index contributed by atoms with van der Waals surface area (Å²) in [7, 11) is -3.77. The number of sulfonamides is 1. The first-order valence-corrected chi connectivity index (χ1v) is 15.5. The number of fused-ring (bicyclic) bond motifs is 1. The Morgan fingerprint density at radius 3 is 2.32 bits per heavy atom. The molecule has 0 spiro atoms. The second kappa shape index (κ2) is 10.6. The van der Waals surface area contributed by atoms with Crippen molar-refractivity contribution < 1.29 is 13.2 Å². The van der Waals surface area contributed by atoms with Gasteiger partial charge in [-0.1, -0.05) is 68.0 Å². The minimum absolute atomic E-state index is 0.172. The largest absolute Gasteiger partial charge is 0.348 e. The summed E-state index contributed by atoms with van der Waals surface area (Å²) in [6, 6.07) is 11.0. The van der Waals surface area contributed by atoms with E-state index < -0.39 is 15.6 Å². The average Bonchev–Trinajstić information content (AvgIpc) is 3.15. The highest BCUT2D eigenvalue weighted by atomic mass is 35.5. The van der Waals surface area contributed by atoms with Crippen LogP contribution in [0, 0.1) is 5.92 Å². The van der Waals surface area contributed by atoms with Crippen molar-refractivity contribution in [2.24, 2.45) is 5.92 Å². The lowest BCUT2D eigenvalue weighted by Crippen LogP contribution is -2.40. The summed E-state index contributed by atoms with van der Waals surface area (Å²) >= 11 is 6.92. The van der Waals surface area contributed by atoms with Crippen molar-refractivity contribution in [3.05, 3.63) is 52.8 Å². The van der Waals surface area contributed by atoms with Crippen LogP contribution in [-0.4, -0.2) is 35.7 Å². The summed E-state index contributed by atoms with van der Waals surface area (Å²) in [5.41, 5.74) is 1.14. The van der Waals surface area contributed by atoms with E-state index in [1.165, 1.54) is 19.3 Å². The molecule has 0 saturated heterocycles. The maximum absolute atomic E-state index is 13.3. The molecule has 204 valence electrons. The maximum atomic E-state index is 13.3. The molecule has 2 aliphatic carbocycles. The van der Waals surface area contributed by atoms with Crippen molar-refractivity contribution in [2.45, 2.75) is 95.0 Å². The third kappa shape index (κ3) is 5.63. The van der Waals surface area contributed by atoms with E-state index >= 15 is 0 Å². The van der Waals surface area contributed by atoms with Gasteiger partial charge in [0.15, 0.2) is 5.69 Å². The standard InChI is InChI=1S/C29H37ClN4O3S/c1-29(2,3)33-38(36,37)25-17-16-23(21-14-7-8-15-22(21)25)34-24(18-19-10-5-4-6-11-19)26(30)27(32-34)28(35)31-20-12-9-13-20/h7-8,14-17,19-20,33H,4-6,9-13,18H2,1-3H3,(H,31,35). The van der Waals surface area contributed by atoms with E-state index in [-0.39, 0.29) is 22.5 Å². The normalized spacial score (nSPS) is 17.5. The lowest BCUT2D eigenvalue weighted by atomic mass is 9.86. The minimum Gasteiger partial charge on any atom is -0.348 e. The number of nitrogens with one attached hydrogen (secondary N) is 2. The fourth-order valence-corrected chi connectivity index (χ4v) is 7.47. The molecule has 2 aromatic carbocycles. The minimum atomic E-state index is -3.77. The molecule has 0 bridgehead atoms. The van der Waals surface area contributed by atoms with Crippen LogP contribution in [-0.2, 0) is 16.4 Å². The number of benzene rings is 2. The first-order chi connectivity index (χ1) is 18.0. The van der Waals surface area contributed by atoms with Crippen LogP contribution >= 0.6 is 11.6 Å². The van der Waals surface area contributed by atoms with Gasteiger partial charge in [-0.25, -0.2) is 17.8 Å². The van der Waals surface area contributed by atoms with Gasteiger partial charge in [-0.15, -0.1) is 0 Å². The SMILES string of the molecule is CC(C)(C)NS(=O)(=O)c1ccc(-n2nc(C(=O)NC3CCC3)c(Cl)c2CC2CCCCC2)c2ccccc12. The topological polar surface area (TPSA) is 93.1 Å². The molecular formula is C29H37ClN4O3S. The number of amides is 1. The van der Waals surface area contributed by atoms with E-state index in [4.69, 9.17) is 16.7 Å². The van der Waals surface area contributed by atoms with Crippen molar-refractivity contribution in [1.29, 1.82) is 0 Å². The molecule has 1 aromatic heterocycles. The number of hydrogen-bond donors (Lipinski definition) is 2. The molecule has 3 aromatic rings. The fraction of sp³-hybridized carbons (Fsp3) is 0.517. The zero-order chi connectivity index (χ0) is 27.1. The van der Waals surface area contributed by atoms with Crippen LogP contribution in [0.25, 0.3) is 16.5 Å². The van der Waals surface area contributed by atoms with Gasteiger partial charge >= 0.3 is 0 Å². The van der Waals surface area contributed by atoms with Gasteiger partial charge in [0.05, 0.1) is 21.3 Å². The lowest BCUT2D eigenvalue weighted by Gasteiger charge is -2.25. The van der Waals surface area contributed by atoms with E-state index in [0.29, 0.717) is 22.0 Å². The number of rotatable bonds is 7. The number of carbonyl (C=O) groups is 1. The summed E-state index contributed by atoms with van der Waals surface area (Å²) in [4.78, 5) is 13.4. The van der Waals surface area contributed by atoms with E-state index in [9.17, 15) is 13.2 Å². The lowest BCUT2D eigenvalue weighted by molar-refractivity contribution is 0.0911. The van der Waals surface area contributed by atoms with Gasteiger partial charge in [-0.05, 0) is 64.5 Å². The van der Waals surface area contributed by atoms with Crippen molar-refractivity contribution in [2.75, 3.05) is 0 Å². The smallest absolute Gasteiger partial charge is 0.273 e. The number of halogens is 1. The first kappa shape index (κ1) is 27.2. The predicted octanol–water partition coefficient (Wildman–Crippen LogP) is 6.16. The molecule has 7 nitrogen and oxygen atoms in total. The van der Waals surface area contributed by atoms with Crippen molar-refractivity contribution >= 4 is 38.3 Å². The number of hydrogen-bond acceptors (Lipinski definition) is 4. The molecular weight excluding hydrogens is 520 g/mol. The molecule has 0 aliphatic heterocycles. The highest BCUT2D eigenvalue weighted by molar-refractivity contribution is 7.89. The molecule has 9 heteroatoms. The molecule has 2 N–H and O–H groups in total. The number of aromatic nitrogens is 2. The van der Waals surface area contributed by atoms with Crippen molar-refractivity contribution in [1.82, 2.24) is 19.8 Å². The Bertz CT molecular complexity index is 1450. The molecule has 1 amide bonds. The molecule has 1 heterocycles. The Morgan fingerprint density at radius 1 is 1.00 bits per heavy atom. The van der Waals surface area contributed by atoms with Crippen LogP contribution in [0.4, 0.5) is 0 Å². The second-order valence-electron chi connectivity index (χ2n) is 11.8. The third-order valence-corrected chi connectivity index (χ3v) is 9.81. The molecule has 5 rings (SSSR count). The van der Waals surface area contributed by atoms with Gasteiger partial charge < -0.3 is 5.32 Å². The van der Waals surface area contributed by atoms with Gasteiger partial charge in [0, 0.05) is 22.4 Å². The third-order valence-electron chi connectivity index (χ3n) is 7.60. The first-order valence-electron chi connectivity index (χ1n) is 13.7. The van der Waals surface area contributed by atoms with E-state index in [1.54, 1.807) is 16.8 Å². The Hall–Kier alpha value is -2.42. The maximum Gasteiger partial charge on any atom is 0.273 e. The summed E-state index contributed by atoms with van der Waals surface area (Å²) in [6.07, 6.45) is 9.69. The summed E-state index contributed by atoms with van der Waals surface area (Å²) in [5, 5.41) is 9.56. The quantitative estimate of drug-likeness (QED) is 0.364. The van der Waals surface area contributed by atoms with E-state index in [0.717, 1.165) is 49.6 Å². The number of carbonyl (C=O) groups excluding carboxylic acids is 1. The molecule has 0 unspecified atom stereocenters. The highest BCUT2D eigenvalue weighted by Gasteiger charge is 2.30. The molecule has 0 radical (unpaired) electrons. The van der Waals surface area contributed by atoms with Crippen LogP contribution in [0.1, 0.15) is 88.3 Å². The van der Waals surface area contributed by atoms with Gasteiger partial charge in [-0.3, -0.25) is 4.79 Å². The number of nitrogens with zero attached hydrogens (tertiary/aromatic N) is 2. The van der Waals surface area contributed by atoms with Crippen LogP contribution in [0.15, 0.2) is 41.3 Å². The highest BCUT2D eigenvalue weighted by Crippen LogP contribution is 2.35. The molecule has 38 heavy (non-hydrogen) atoms. The second-order valence-corrected chi connectivity index (χ2v) is 13.8. The van der Waals surface area contributed by atoms with Crippen LogP contribution in [0.3, 0.4) is 0 Å². The molecule has 2 fully saturated rings.